The summed E-state index contributed by atoms with van der Waals surface area (Å²) in [7, 11) is 1.45. The first-order chi connectivity index (χ1) is 17.0. The molecular formula is C29H26BrN3O2. The van der Waals surface area contributed by atoms with Crippen LogP contribution in [0.3, 0.4) is 0 Å². The molecule has 2 atom stereocenters. The molecule has 1 fully saturated rings. The van der Waals surface area contributed by atoms with Crippen LogP contribution in [0, 0.1) is 5.92 Å². The van der Waals surface area contributed by atoms with Gasteiger partial charge in [0.1, 0.15) is 11.4 Å². The van der Waals surface area contributed by atoms with Gasteiger partial charge in [0.25, 0.3) is 0 Å². The largest absolute Gasteiger partial charge is 0.453 e. The Morgan fingerprint density at radius 1 is 1.03 bits per heavy atom. The number of ether oxygens (including phenoxy) is 1. The monoisotopic (exact) mass is 527 g/mol. The third-order valence-corrected chi connectivity index (χ3v) is 8.36. The number of amides is 1. The van der Waals surface area contributed by atoms with Crippen LogP contribution < -0.4 is 0 Å². The van der Waals surface area contributed by atoms with Gasteiger partial charge in [-0.05, 0) is 53.3 Å². The number of likely N-dealkylation sites (tertiary alicyclic amines) is 1. The van der Waals surface area contributed by atoms with E-state index in [9.17, 15) is 4.79 Å². The summed E-state index contributed by atoms with van der Waals surface area (Å²) in [5, 5.41) is 0. The van der Waals surface area contributed by atoms with Crippen molar-refractivity contribution in [2.24, 2.45) is 5.92 Å². The molecule has 0 spiro atoms. The van der Waals surface area contributed by atoms with Crippen molar-refractivity contribution in [3.8, 4) is 22.4 Å². The molecule has 0 radical (unpaired) electrons. The molecule has 1 amide bonds. The van der Waals surface area contributed by atoms with Gasteiger partial charge >= 0.3 is 6.09 Å². The second-order valence-corrected chi connectivity index (χ2v) is 10.4. The summed E-state index contributed by atoms with van der Waals surface area (Å²) in [5.41, 5.74) is 6.50. The summed E-state index contributed by atoms with van der Waals surface area (Å²) in [4.78, 5) is 23.3. The van der Waals surface area contributed by atoms with E-state index < -0.39 is 5.54 Å². The normalized spacial score (nSPS) is 21.1. The molecule has 5 nitrogen and oxygen atoms in total. The molecule has 0 bridgehead atoms. The Hall–Kier alpha value is -3.38. The topological polar surface area (TPSA) is 58.2 Å². The van der Waals surface area contributed by atoms with Gasteiger partial charge in [-0.25, -0.2) is 9.78 Å². The van der Waals surface area contributed by atoms with Crippen molar-refractivity contribution >= 4 is 22.0 Å². The number of methoxy groups -OCH3 is 1. The van der Waals surface area contributed by atoms with Crippen molar-refractivity contribution in [3.63, 3.8) is 0 Å². The van der Waals surface area contributed by atoms with E-state index in [1.165, 1.54) is 29.4 Å². The Morgan fingerprint density at radius 2 is 1.66 bits per heavy atom. The molecule has 1 saturated heterocycles. The van der Waals surface area contributed by atoms with Gasteiger partial charge in [-0.2, -0.15) is 0 Å². The first-order valence-electron chi connectivity index (χ1n) is 11.9. The maximum absolute atomic E-state index is 13.0. The van der Waals surface area contributed by atoms with Gasteiger partial charge in [-0.15, -0.1) is 0 Å². The van der Waals surface area contributed by atoms with Crippen molar-refractivity contribution in [3.05, 3.63) is 100 Å². The maximum Gasteiger partial charge on any atom is 0.410 e. The quantitative estimate of drug-likeness (QED) is 0.313. The van der Waals surface area contributed by atoms with Crippen LogP contribution in [-0.2, 0) is 10.3 Å². The molecule has 2 heterocycles. The van der Waals surface area contributed by atoms with Crippen molar-refractivity contribution in [1.82, 2.24) is 14.9 Å². The Labute approximate surface area is 213 Å². The number of aromatic nitrogens is 2. The standard InChI is InChI=1S/C29H26BrN3O2/c1-29(27-31-17-25(32-27)18-11-13-19(30)14-12-18)24(15-16-33(29)28(34)35-2)26-22-9-5-3-7-20(22)21-8-4-6-10-23(21)26/h3-14,17,24,26H,15-16H2,1-2H3,(H,31,32)/t24?,29-/m0/s1. The van der Waals surface area contributed by atoms with Gasteiger partial charge in [0.2, 0.25) is 0 Å². The molecule has 176 valence electrons. The van der Waals surface area contributed by atoms with Crippen molar-refractivity contribution in [1.29, 1.82) is 0 Å². The molecule has 1 N–H and O–H groups in total. The van der Waals surface area contributed by atoms with Crippen LogP contribution in [0.25, 0.3) is 22.4 Å². The number of fused-ring (bicyclic) bond motifs is 3. The van der Waals surface area contributed by atoms with Crippen LogP contribution in [0.5, 0.6) is 0 Å². The third kappa shape index (κ3) is 3.34. The summed E-state index contributed by atoms with van der Waals surface area (Å²) in [6.07, 6.45) is 2.40. The van der Waals surface area contributed by atoms with E-state index in [-0.39, 0.29) is 17.9 Å². The number of H-pyrrole nitrogens is 1. The van der Waals surface area contributed by atoms with Crippen LogP contribution in [0.4, 0.5) is 4.79 Å². The number of nitrogens with one attached hydrogen (secondary N) is 1. The van der Waals surface area contributed by atoms with Gasteiger partial charge in [0, 0.05) is 22.9 Å². The van der Waals surface area contributed by atoms with E-state index >= 15 is 0 Å². The van der Waals surface area contributed by atoms with Crippen LogP contribution >= 0.6 is 15.9 Å². The minimum absolute atomic E-state index is 0.121. The molecule has 0 saturated carbocycles. The summed E-state index contributed by atoms with van der Waals surface area (Å²) < 4.78 is 6.27. The lowest BCUT2D eigenvalue weighted by Gasteiger charge is -2.39. The minimum Gasteiger partial charge on any atom is -0.453 e. The Bertz CT molecular complexity index is 1370. The van der Waals surface area contributed by atoms with E-state index in [1.807, 2.05) is 23.2 Å². The van der Waals surface area contributed by atoms with Crippen LogP contribution in [0.2, 0.25) is 0 Å². The van der Waals surface area contributed by atoms with Crippen molar-refractivity contribution < 1.29 is 9.53 Å². The second kappa shape index (κ2) is 8.38. The van der Waals surface area contributed by atoms with Gasteiger partial charge in [0.15, 0.2) is 0 Å². The lowest BCUT2D eigenvalue weighted by atomic mass is 9.72. The zero-order valence-corrected chi connectivity index (χ0v) is 21.2. The first-order valence-corrected chi connectivity index (χ1v) is 12.7. The zero-order valence-electron chi connectivity index (χ0n) is 19.7. The molecule has 1 aliphatic heterocycles. The third-order valence-electron chi connectivity index (χ3n) is 7.84. The van der Waals surface area contributed by atoms with Gasteiger partial charge < -0.3 is 9.72 Å². The highest BCUT2D eigenvalue weighted by atomic mass is 79.9. The molecule has 3 aromatic carbocycles. The summed E-state index contributed by atoms with van der Waals surface area (Å²) in [6, 6.07) is 25.4. The van der Waals surface area contributed by atoms with Crippen molar-refractivity contribution in [2.45, 2.75) is 24.8 Å². The van der Waals surface area contributed by atoms with Crippen LogP contribution in [0.1, 0.15) is 36.2 Å². The zero-order chi connectivity index (χ0) is 24.2. The number of nitrogens with zero attached hydrogens (tertiary/aromatic N) is 2. The SMILES string of the molecule is COC(=O)N1CCC(C2c3ccccc3-c3ccccc32)[C@@]1(C)c1ncc(-c2ccc(Br)cc2)[nH]1. The molecule has 2 aliphatic rings. The Kier molecular flexibility index (Phi) is 5.29. The van der Waals surface area contributed by atoms with Gasteiger partial charge in [0.05, 0.1) is 19.0 Å². The molecule has 6 rings (SSSR count). The number of rotatable bonds is 3. The number of carbonyl (C=O) groups is 1. The number of hydrogen-bond acceptors (Lipinski definition) is 3. The lowest BCUT2D eigenvalue weighted by molar-refractivity contribution is 0.0703. The molecule has 35 heavy (non-hydrogen) atoms. The fourth-order valence-corrected chi connectivity index (χ4v) is 6.41. The average molecular weight is 528 g/mol. The Morgan fingerprint density at radius 3 is 2.29 bits per heavy atom. The summed E-state index contributed by atoms with van der Waals surface area (Å²) >= 11 is 3.51. The predicted molar refractivity (Wildman–Crippen MR) is 140 cm³/mol. The van der Waals surface area contributed by atoms with E-state index in [4.69, 9.17) is 9.72 Å². The number of halogens is 1. The summed E-state index contributed by atoms with van der Waals surface area (Å²) in [5.74, 6) is 1.06. The minimum atomic E-state index is -0.671. The first kappa shape index (κ1) is 22.1. The molecule has 4 aromatic rings. The lowest BCUT2D eigenvalue weighted by Crippen LogP contribution is -2.48. The second-order valence-electron chi connectivity index (χ2n) is 9.47. The van der Waals surface area contributed by atoms with E-state index in [1.54, 1.807) is 0 Å². The van der Waals surface area contributed by atoms with E-state index in [0.29, 0.717) is 6.54 Å². The van der Waals surface area contributed by atoms with E-state index in [2.05, 4.69) is 88.5 Å². The van der Waals surface area contributed by atoms with Crippen molar-refractivity contribution in [2.75, 3.05) is 13.7 Å². The van der Waals surface area contributed by atoms with Crippen LogP contribution in [0.15, 0.2) is 83.5 Å². The van der Waals surface area contributed by atoms with Gasteiger partial charge in [-0.3, -0.25) is 4.90 Å². The predicted octanol–water partition coefficient (Wildman–Crippen LogP) is 6.96. The highest BCUT2D eigenvalue weighted by Crippen LogP contribution is 2.57. The molecule has 1 aliphatic carbocycles. The number of carbonyl (C=O) groups excluding carboxylic acids is 1. The fourth-order valence-electron chi connectivity index (χ4n) is 6.15. The highest BCUT2D eigenvalue weighted by Gasteiger charge is 2.55. The number of hydrogen-bond donors (Lipinski definition) is 1. The van der Waals surface area contributed by atoms with Crippen LogP contribution in [-0.4, -0.2) is 34.6 Å². The smallest absolute Gasteiger partial charge is 0.410 e. The molecular weight excluding hydrogens is 502 g/mol. The average Bonchev–Trinajstić information content (AvgIpc) is 3.59. The molecule has 1 unspecified atom stereocenters. The number of benzene rings is 3. The summed E-state index contributed by atoms with van der Waals surface area (Å²) in [6.45, 7) is 2.75. The number of aromatic amines is 1. The molecule has 1 aromatic heterocycles. The molecule has 6 heteroatoms. The maximum atomic E-state index is 13.0. The van der Waals surface area contributed by atoms with Gasteiger partial charge in [-0.1, -0.05) is 76.6 Å². The van der Waals surface area contributed by atoms with E-state index in [0.717, 1.165) is 28.0 Å². The number of imidazole rings is 1. The fraction of sp³-hybridized carbons (Fsp3) is 0.241. The Balaban J connectivity index is 1.49. The highest BCUT2D eigenvalue weighted by molar-refractivity contribution is 9.10.